The van der Waals surface area contributed by atoms with Crippen LogP contribution in [0.1, 0.15) is 24.8 Å². The van der Waals surface area contributed by atoms with Crippen molar-refractivity contribution in [1.29, 1.82) is 0 Å². The topological polar surface area (TPSA) is 35.2 Å². The number of benzene rings is 1. The molecule has 4 heteroatoms. The van der Waals surface area contributed by atoms with E-state index in [4.69, 9.17) is 10.5 Å². The van der Waals surface area contributed by atoms with Gasteiger partial charge < -0.3 is 10.5 Å². The van der Waals surface area contributed by atoms with E-state index in [1.807, 2.05) is 0 Å². The molecule has 0 heterocycles. The van der Waals surface area contributed by atoms with Gasteiger partial charge in [0.15, 0.2) is 11.6 Å². The Labute approximate surface area is 88.0 Å². The molecule has 0 bridgehead atoms. The zero-order valence-electron chi connectivity index (χ0n) is 8.89. The van der Waals surface area contributed by atoms with Gasteiger partial charge in [0.05, 0.1) is 7.11 Å². The van der Waals surface area contributed by atoms with Crippen molar-refractivity contribution in [3.63, 3.8) is 0 Å². The lowest BCUT2D eigenvalue weighted by atomic mass is 9.96. The Hall–Kier alpha value is -1.16. The first-order chi connectivity index (χ1) is 7.11. The summed E-state index contributed by atoms with van der Waals surface area (Å²) in [5.74, 6) is -1.35. The molecular weight excluding hydrogens is 200 g/mol. The first-order valence-electron chi connectivity index (χ1n) is 4.83. The smallest absolute Gasteiger partial charge is 0.171 e. The maximum absolute atomic E-state index is 13.7. The third-order valence-corrected chi connectivity index (χ3v) is 2.40. The Morgan fingerprint density at radius 3 is 2.60 bits per heavy atom. The molecule has 1 unspecified atom stereocenters. The molecule has 2 nitrogen and oxygen atoms in total. The molecule has 0 radical (unpaired) electrons. The van der Waals surface area contributed by atoms with Crippen LogP contribution in [0.15, 0.2) is 12.1 Å². The average molecular weight is 215 g/mol. The number of halogens is 2. The van der Waals surface area contributed by atoms with Gasteiger partial charge in [0.1, 0.15) is 5.82 Å². The number of hydrogen-bond acceptors (Lipinski definition) is 2. The Morgan fingerprint density at radius 2 is 2.07 bits per heavy atom. The minimum Gasteiger partial charge on any atom is -0.494 e. The molecule has 0 fully saturated rings. The largest absolute Gasteiger partial charge is 0.494 e. The summed E-state index contributed by atoms with van der Waals surface area (Å²) in [7, 11) is 1.35. The van der Waals surface area contributed by atoms with Crippen molar-refractivity contribution in [3.8, 4) is 5.75 Å². The number of methoxy groups -OCH3 is 1. The van der Waals surface area contributed by atoms with Crippen LogP contribution in [0.3, 0.4) is 0 Å². The maximum Gasteiger partial charge on any atom is 0.171 e. The molecule has 15 heavy (non-hydrogen) atoms. The molecule has 84 valence electrons. The fraction of sp³-hybridized carbons (Fsp3) is 0.455. The van der Waals surface area contributed by atoms with E-state index >= 15 is 0 Å². The van der Waals surface area contributed by atoms with Crippen LogP contribution in [-0.2, 0) is 0 Å². The zero-order chi connectivity index (χ0) is 11.4. The fourth-order valence-electron chi connectivity index (χ4n) is 1.55. The molecule has 0 aliphatic carbocycles. The summed E-state index contributed by atoms with van der Waals surface area (Å²) in [6.07, 6.45) is 0.543. The van der Waals surface area contributed by atoms with Gasteiger partial charge in [-0.2, -0.15) is 0 Å². The Morgan fingerprint density at radius 1 is 1.40 bits per heavy atom. The monoisotopic (exact) mass is 215 g/mol. The van der Waals surface area contributed by atoms with Gasteiger partial charge in [-0.25, -0.2) is 8.78 Å². The molecule has 2 N–H and O–H groups in total. The van der Waals surface area contributed by atoms with Crippen LogP contribution < -0.4 is 10.5 Å². The highest BCUT2D eigenvalue weighted by Gasteiger charge is 2.19. The SMILES string of the molecule is COc1ccc(F)c(C(C)CCN)c1F. The highest BCUT2D eigenvalue weighted by atomic mass is 19.1. The zero-order valence-corrected chi connectivity index (χ0v) is 8.89. The summed E-state index contributed by atoms with van der Waals surface area (Å²) in [6, 6.07) is 2.49. The van der Waals surface area contributed by atoms with E-state index in [1.54, 1.807) is 6.92 Å². The van der Waals surface area contributed by atoms with Crippen molar-refractivity contribution in [2.75, 3.05) is 13.7 Å². The van der Waals surface area contributed by atoms with Crippen molar-refractivity contribution in [3.05, 3.63) is 29.3 Å². The summed E-state index contributed by atoms with van der Waals surface area (Å²) in [5, 5.41) is 0. The van der Waals surface area contributed by atoms with Crippen molar-refractivity contribution in [2.45, 2.75) is 19.3 Å². The first-order valence-corrected chi connectivity index (χ1v) is 4.83. The standard InChI is InChI=1S/C11H15F2NO/c1-7(5-6-14)10-8(12)3-4-9(15-2)11(10)13/h3-4,7H,5-6,14H2,1-2H3. The van der Waals surface area contributed by atoms with Crippen LogP contribution >= 0.6 is 0 Å². The summed E-state index contributed by atoms with van der Waals surface area (Å²) in [5.41, 5.74) is 5.42. The van der Waals surface area contributed by atoms with Gasteiger partial charge in [-0.1, -0.05) is 6.92 Å². The molecule has 0 aromatic heterocycles. The van der Waals surface area contributed by atoms with E-state index in [9.17, 15) is 8.78 Å². The molecule has 0 amide bonds. The van der Waals surface area contributed by atoms with Crippen LogP contribution in [0.2, 0.25) is 0 Å². The van der Waals surface area contributed by atoms with Crippen LogP contribution in [0.4, 0.5) is 8.78 Å². The van der Waals surface area contributed by atoms with Gasteiger partial charge in [-0.3, -0.25) is 0 Å². The van der Waals surface area contributed by atoms with E-state index in [0.717, 1.165) is 0 Å². The second-order valence-electron chi connectivity index (χ2n) is 3.46. The van der Waals surface area contributed by atoms with Crippen LogP contribution in [0, 0.1) is 11.6 Å². The fourth-order valence-corrected chi connectivity index (χ4v) is 1.55. The highest BCUT2D eigenvalue weighted by molar-refractivity contribution is 5.34. The van der Waals surface area contributed by atoms with E-state index in [1.165, 1.54) is 19.2 Å². The molecule has 0 aliphatic rings. The summed E-state index contributed by atoms with van der Waals surface area (Å²) in [4.78, 5) is 0. The van der Waals surface area contributed by atoms with E-state index in [-0.39, 0.29) is 17.2 Å². The lowest BCUT2D eigenvalue weighted by Gasteiger charge is -2.14. The lowest BCUT2D eigenvalue weighted by Crippen LogP contribution is -2.08. The van der Waals surface area contributed by atoms with Crippen molar-refractivity contribution in [2.24, 2.45) is 5.73 Å². The van der Waals surface area contributed by atoms with Crippen LogP contribution in [0.5, 0.6) is 5.75 Å². The van der Waals surface area contributed by atoms with Crippen LogP contribution in [0.25, 0.3) is 0 Å². The summed E-state index contributed by atoms with van der Waals surface area (Å²) < 4.78 is 31.9. The first kappa shape index (κ1) is 11.9. The van der Waals surface area contributed by atoms with Gasteiger partial charge >= 0.3 is 0 Å². The minimum atomic E-state index is -0.626. The Kier molecular flexibility index (Phi) is 4.03. The van der Waals surface area contributed by atoms with Crippen molar-refractivity contribution >= 4 is 0 Å². The summed E-state index contributed by atoms with van der Waals surface area (Å²) in [6.45, 7) is 2.14. The highest BCUT2D eigenvalue weighted by Crippen LogP contribution is 2.30. The third-order valence-electron chi connectivity index (χ3n) is 2.40. The molecule has 1 atom stereocenters. The van der Waals surface area contributed by atoms with Crippen molar-refractivity contribution in [1.82, 2.24) is 0 Å². The normalized spacial score (nSPS) is 12.6. The van der Waals surface area contributed by atoms with Crippen molar-refractivity contribution < 1.29 is 13.5 Å². The van der Waals surface area contributed by atoms with Gasteiger partial charge in [0.25, 0.3) is 0 Å². The third kappa shape index (κ3) is 2.45. The van der Waals surface area contributed by atoms with Gasteiger partial charge in [-0.05, 0) is 31.0 Å². The van der Waals surface area contributed by atoms with E-state index < -0.39 is 11.6 Å². The lowest BCUT2D eigenvalue weighted by molar-refractivity contribution is 0.377. The van der Waals surface area contributed by atoms with E-state index in [2.05, 4.69) is 0 Å². The number of hydrogen-bond donors (Lipinski definition) is 1. The molecule has 0 saturated heterocycles. The number of ether oxygens (including phenoxy) is 1. The minimum absolute atomic E-state index is 0.0554. The molecule has 0 spiro atoms. The maximum atomic E-state index is 13.7. The molecule has 1 rings (SSSR count). The predicted molar refractivity (Wildman–Crippen MR) is 55.0 cm³/mol. The van der Waals surface area contributed by atoms with Gasteiger partial charge in [-0.15, -0.1) is 0 Å². The molecule has 0 aliphatic heterocycles. The second-order valence-corrected chi connectivity index (χ2v) is 3.46. The van der Waals surface area contributed by atoms with E-state index in [0.29, 0.717) is 13.0 Å². The number of nitrogens with two attached hydrogens (primary N) is 1. The van der Waals surface area contributed by atoms with Gasteiger partial charge in [0, 0.05) is 5.56 Å². The quantitative estimate of drug-likeness (QED) is 0.837. The Balaban J connectivity index is 3.14. The molecule has 1 aromatic carbocycles. The van der Waals surface area contributed by atoms with Crippen LogP contribution in [-0.4, -0.2) is 13.7 Å². The summed E-state index contributed by atoms with van der Waals surface area (Å²) >= 11 is 0. The van der Waals surface area contributed by atoms with Gasteiger partial charge in [0.2, 0.25) is 0 Å². The Bertz CT molecular complexity index is 342. The molecule has 0 saturated carbocycles. The number of rotatable bonds is 4. The average Bonchev–Trinajstić information content (AvgIpc) is 2.18. The second kappa shape index (κ2) is 5.07. The predicted octanol–water partition coefficient (Wildman–Crippen LogP) is 2.43. The molecule has 1 aromatic rings. The molecular formula is C11H15F2NO.